The molecular weight excluding hydrogens is 464 g/mol. The molecule has 3 saturated heterocycles. The van der Waals surface area contributed by atoms with Crippen molar-refractivity contribution in [2.24, 2.45) is 17.8 Å². The third-order valence-corrected chi connectivity index (χ3v) is 10.7. The average molecular weight is 501 g/mol. The fourth-order valence-electron chi connectivity index (χ4n) is 7.16. The molecule has 2 bridgehead atoms. The van der Waals surface area contributed by atoms with Gasteiger partial charge in [0, 0.05) is 11.3 Å². The fraction of sp³-hybridized carbons (Fsp3) is 0.667. The second-order valence-corrected chi connectivity index (χ2v) is 12.1. The molecule has 0 aromatic heterocycles. The lowest BCUT2D eigenvalue weighted by Gasteiger charge is -2.40. The number of fused-ring (bicyclic) bond motifs is 1. The lowest BCUT2D eigenvalue weighted by Crippen LogP contribution is -2.58. The molecule has 4 aliphatic rings. The molecule has 3 heterocycles. The van der Waals surface area contributed by atoms with Crippen LogP contribution in [-0.2, 0) is 19.1 Å². The summed E-state index contributed by atoms with van der Waals surface area (Å²) >= 11 is 1.64. The first kappa shape index (κ1) is 24.6. The van der Waals surface area contributed by atoms with Gasteiger partial charge >= 0.3 is 5.97 Å². The Balaban J connectivity index is 1.57. The largest absolute Gasteiger partial charge is 0.466 e. The third-order valence-electron chi connectivity index (χ3n) is 8.64. The second kappa shape index (κ2) is 9.77. The van der Waals surface area contributed by atoms with Crippen LogP contribution in [0.25, 0.3) is 0 Å². The number of ether oxygens (including phenoxy) is 1. The molecule has 7 atom stereocenters. The first-order valence-electron chi connectivity index (χ1n) is 13.1. The molecule has 0 radical (unpaired) electrons. The molecule has 1 aromatic rings. The quantitative estimate of drug-likeness (QED) is 0.559. The minimum absolute atomic E-state index is 0.0329. The predicted octanol–water partition coefficient (Wildman–Crippen LogP) is 3.07. The van der Waals surface area contributed by atoms with Crippen molar-refractivity contribution in [3.8, 4) is 0 Å². The van der Waals surface area contributed by atoms with Crippen molar-refractivity contribution in [1.82, 2.24) is 10.2 Å². The molecule has 1 aromatic carbocycles. The molecule has 35 heavy (non-hydrogen) atoms. The topological polar surface area (TPSA) is 95.9 Å². The van der Waals surface area contributed by atoms with Crippen molar-refractivity contribution in [2.75, 3.05) is 13.2 Å². The molecule has 5 rings (SSSR count). The maximum absolute atomic E-state index is 14.2. The lowest BCUT2D eigenvalue weighted by molar-refractivity contribution is -0.154. The highest BCUT2D eigenvalue weighted by Gasteiger charge is 2.77. The zero-order valence-corrected chi connectivity index (χ0v) is 21.3. The minimum atomic E-state index is -0.747. The molecular formula is C27H36N2O5S. The summed E-state index contributed by atoms with van der Waals surface area (Å²) in [6, 6.07) is 8.11. The Morgan fingerprint density at radius 1 is 1.23 bits per heavy atom. The molecule has 3 aliphatic heterocycles. The van der Waals surface area contributed by atoms with Crippen molar-refractivity contribution in [2.45, 2.75) is 80.5 Å². The second-order valence-electron chi connectivity index (χ2n) is 10.5. The standard InChI is InChI=1S/C27H36N2O5S/c1-3-34-26(33)21-20-14-16(2)27(35-20)22(21)25(32)29(19(15-30)17-10-6-4-7-11-17)23(27)24(31)28-18-12-8-5-9-13-18/h4,6-7,10-11,16,18-23,30H,3,5,8-9,12-15H2,1-2H3,(H,28,31)/t16?,19-,20+,21-,22+,23?,27?/m1/s1. The number of amides is 2. The number of hydrogen-bond donors (Lipinski definition) is 2. The van der Waals surface area contributed by atoms with E-state index in [1.165, 1.54) is 6.42 Å². The number of carbonyl (C=O) groups is 3. The van der Waals surface area contributed by atoms with Gasteiger partial charge in [-0.2, -0.15) is 0 Å². The maximum atomic E-state index is 14.2. The van der Waals surface area contributed by atoms with Crippen LogP contribution in [0.2, 0.25) is 0 Å². The number of nitrogens with one attached hydrogen (secondary N) is 1. The highest BCUT2D eigenvalue weighted by Crippen LogP contribution is 2.69. The number of nitrogens with zero attached hydrogens (tertiary/aromatic N) is 1. The van der Waals surface area contributed by atoms with E-state index in [-0.39, 0.29) is 48.2 Å². The van der Waals surface area contributed by atoms with E-state index in [1.54, 1.807) is 23.6 Å². The highest BCUT2D eigenvalue weighted by atomic mass is 32.2. The molecule has 4 fully saturated rings. The molecule has 2 N–H and O–H groups in total. The van der Waals surface area contributed by atoms with Crippen LogP contribution in [0, 0.1) is 17.8 Å². The normalized spacial score (nSPS) is 35.1. The van der Waals surface area contributed by atoms with Crippen molar-refractivity contribution >= 4 is 29.5 Å². The maximum Gasteiger partial charge on any atom is 0.310 e. The molecule has 1 saturated carbocycles. The van der Waals surface area contributed by atoms with Crippen LogP contribution in [0.4, 0.5) is 0 Å². The van der Waals surface area contributed by atoms with Gasteiger partial charge in [-0.15, -0.1) is 11.8 Å². The third kappa shape index (κ3) is 3.88. The average Bonchev–Trinajstić information content (AvgIpc) is 3.45. The highest BCUT2D eigenvalue weighted by molar-refractivity contribution is 8.02. The first-order chi connectivity index (χ1) is 16.9. The van der Waals surface area contributed by atoms with Crippen LogP contribution in [0.3, 0.4) is 0 Å². The van der Waals surface area contributed by atoms with E-state index in [4.69, 9.17) is 4.74 Å². The number of likely N-dealkylation sites (tertiary alicyclic amines) is 1. The van der Waals surface area contributed by atoms with Gasteiger partial charge in [0.05, 0.1) is 35.8 Å². The van der Waals surface area contributed by atoms with Crippen molar-refractivity contribution < 1.29 is 24.2 Å². The summed E-state index contributed by atoms with van der Waals surface area (Å²) in [6.07, 6.45) is 6.03. The van der Waals surface area contributed by atoms with Gasteiger partial charge in [0.1, 0.15) is 6.04 Å². The van der Waals surface area contributed by atoms with Gasteiger partial charge < -0.3 is 20.1 Å². The smallest absolute Gasteiger partial charge is 0.310 e. The van der Waals surface area contributed by atoms with E-state index in [0.29, 0.717) is 0 Å². The zero-order valence-electron chi connectivity index (χ0n) is 20.5. The SMILES string of the molecule is CCOC(=O)[C@@H]1[C@@H]2CC(C)C3(S2)C(C(=O)NC2CCCCC2)N([C@H](CO)c2ccccc2)C(=O)[C@H]13. The van der Waals surface area contributed by atoms with E-state index in [1.807, 2.05) is 30.3 Å². The van der Waals surface area contributed by atoms with Crippen LogP contribution in [0.15, 0.2) is 30.3 Å². The Hall–Kier alpha value is -2.06. The van der Waals surface area contributed by atoms with Gasteiger partial charge in [-0.1, -0.05) is 56.5 Å². The zero-order chi connectivity index (χ0) is 24.7. The van der Waals surface area contributed by atoms with Crippen LogP contribution >= 0.6 is 11.8 Å². The molecule has 1 spiro atoms. The van der Waals surface area contributed by atoms with Gasteiger partial charge in [0.2, 0.25) is 11.8 Å². The number of hydrogen-bond acceptors (Lipinski definition) is 6. The Morgan fingerprint density at radius 3 is 2.60 bits per heavy atom. The summed E-state index contributed by atoms with van der Waals surface area (Å²) < 4.78 is 4.71. The summed E-state index contributed by atoms with van der Waals surface area (Å²) in [4.78, 5) is 43.0. The number of carbonyl (C=O) groups excluding carboxylic acids is 3. The van der Waals surface area contributed by atoms with Crippen LogP contribution in [0.1, 0.15) is 64.0 Å². The number of thioether (sulfide) groups is 1. The Kier molecular flexibility index (Phi) is 6.87. The van der Waals surface area contributed by atoms with Crippen LogP contribution in [-0.4, -0.2) is 63.1 Å². The monoisotopic (exact) mass is 500 g/mol. The van der Waals surface area contributed by atoms with E-state index >= 15 is 0 Å². The van der Waals surface area contributed by atoms with Crippen molar-refractivity contribution in [3.63, 3.8) is 0 Å². The van der Waals surface area contributed by atoms with Crippen LogP contribution < -0.4 is 5.32 Å². The first-order valence-corrected chi connectivity index (χ1v) is 13.9. The van der Waals surface area contributed by atoms with Gasteiger partial charge in [-0.05, 0) is 37.7 Å². The van der Waals surface area contributed by atoms with Crippen LogP contribution in [0.5, 0.6) is 0 Å². The number of esters is 1. The lowest BCUT2D eigenvalue weighted by atomic mass is 9.66. The fourth-order valence-corrected chi connectivity index (χ4v) is 9.55. The molecule has 1 aliphatic carbocycles. The summed E-state index contributed by atoms with van der Waals surface area (Å²) in [6.45, 7) is 3.85. The summed E-state index contributed by atoms with van der Waals surface area (Å²) in [7, 11) is 0. The predicted molar refractivity (Wildman–Crippen MR) is 133 cm³/mol. The van der Waals surface area contributed by atoms with Crippen molar-refractivity contribution in [1.29, 1.82) is 0 Å². The molecule has 8 heteroatoms. The van der Waals surface area contributed by atoms with E-state index in [2.05, 4.69) is 12.2 Å². The van der Waals surface area contributed by atoms with Gasteiger partial charge in [-0.25, -0.2) is 0 Å². The van der Waals surface area contributed by atoms with Gasteiger partial charge in [0.25, 0.3) is 0 Å². The molecule has 7 nitrogen and oxygen atoms in total. The molecule has 2 amide bonds. The number of aliphatic hydroxyl groups excluding tert-OH is 1. The summed E-state index contributed by atoms with van der Waals surface area (Å²) in [5, 5.41) is 13.8. The van der Waals surface area contributed by atoms with E-state index in [9.17, 15) is 19.5 Å². The van der Waals surface area contributed by atoms with E-state index in [0.717, 1.165) is 37.7 Å². The Bertz CT molecular complexity index is 968. The van der Waals surface area contributed by atoms with Crippen molar-refractivity contribution in [3.05, 3.63) is 35.9 Å². The number of aliphatic hydroxyl groups is 1. The van der Waals surface area contributed by atoms with Gasteiger partial charge in [0.15, 0.2) is 0 Å². The van der Waals surface area contributed by atoms with E-state index < -0.39 is 28.7 Å². The van der Waals surface area contributed by atoms with Gasteiger partial charge in [-0.3, -0.25) is 14.4 Å². The summed E-state index contributed by atoms with van der Waals surface area (Å²) in [5.74, 6) is -1.80. The Morgan fingerprint density at radius 2 is 1.94 bits per heavy atom. The number of benzene rings is 1. The molecule has 3 unspecified atom stereocenters. The summed E-state index contributed by atoms with van der Waals surface area (Å²) in [5.41, 5.74) is 0.787. The minimum Gasteiger partial charge on any atom is -0.466 e. The molecule has 190 valence electrons. The number of rotatable bonds is 7. The Labute approximate surface area is 211 Å².